The first-order valence-electron chi connectivity index (χ1n) is 28.1. The number of hydrogen-bond acceptors (Lipinski definition) is 2. The highest BCUT2D eigenvalue weighted by Gasteiger charge is 2.23. The topological polar surface area (TPSA) is 35.9 Å². The average Bonchev–Trinajstić information content (AvgIpc) is 4.13. The van der Waals surface area contributed by atoms with Crippen LogP contribution in [0.5, 0.6) is 11.5 Å². The highest BCUT2D eigenvalue weighted by Crippen LogP contribution is 2.41. The molecule has 0 fully saturated rings. The standard InChI is InChI=1S/C63H54N4O/c1-6-43(7-2)54-40-61(64-41-56(54)46-25-15-10-16-26-46)67-57-36-33-47(63(3,4)5)37-55(57)53-35-34-50(39-60(53)67)68-49-28-19-27-48(38-49)65-42-66(59-32-18-17-31-58(59)65)62-51(44-21-11-8-12-22-44)29-20-30-52(62)45-23-13-9-14-24-45/h8-41,43H,6-7H2,1-5H3/i8D,9D,11D,12D,13D,14D,21D,22D,23D,24D. The molecule has 11 rings (SSSR count). The minimum Gasteiger partial charge on any atom is -0.458 e. The SMILES string of the molecule is [2H]c1c([2H])c([2H])c(-c2cccc(-c3c([2H])c([2H])c([2H])c([2H])c3[2H])c2-[n+]2[c-]n(-c3cccc(Oc4ccc5c6cc(C(C)(C)C)ccc6n(-c6cc(C(CC)CC)c(-c7ccccc7)cn6)c5c4)c3)c3ccccc32)c([2H])c1[2H]. The van der Waals surface area contributed by atoms with E-state index in [2.05, 4.69) is 106 Å². The normalized spacial score (nSPS) is 13.9. The van der Waals surface area contributed by atoms with E-state index in [0.29, 0.717) is 34.1 Å². The van der Waals surface area contributed by atoms with Crippen LogP contribution in [-0.2, 0) is 5.41 Å². The minimum absolute atomic E-state index is 0.0863. The van der Waals surface area contributed by atoms with Crippen molar-refractivity contribution >= 4 is 32.8 Å². The van der Waals surface area contributed by atoms with Gasteiger partial charge in [0.15, 0.2) is 0 Å². The molecule has 5 nitrogen and oxygen atoms in total. The molecule has 11 aromatic rings. The highest BCUT2D eigenvalue weighted by molar-refractivity contribution is 6.10. The Balaban J connectivity index is 1.07. The van der Waals surface area contributed by atoms with E-state index in [1.807, 2.05) is 71.4 Å². The van der Waals surface area contributed by atoms with Crippen molar-refractivity contribution in [2.75, 3.05) is 0 Å². The first-order valence-corrected chi connectivity index (χ1v) is 23.1. The first kappa shape index (κ1) is 32.6. The van der Waals surface area contributed by atoms with Crippen LogP contribution in [0.1, 0.15) is 78.2 Å². The zero-order valence-electron chi connectivity index (χ0n) is 48.5. The summed E-state index contributed by atoms with van der Waals surface area (Å²) in [5.41, 5.74) is 8.68. The molecule has 8 aromatic carbocycles. The zero-order valence-corrected chi connectivity index (χ0v) is 38.5. The Morgan fingerprint density at radius 1 is 0.603 bits per heavy atom. The molecule has 3 aromatic heterocycles. The minimum atomic E-state index is -0.566. The molecule has 0 amide bonds. The van der Waals surface area contributed by atoms with Crippen LogP contribution >= 0.6 is 0 Å². The van der Waals surface area contributed by atoms with E-state index in [1.165, 1.54) is 11.1 Å². The second-order valence-electron chi connectivity index (χ2n) is 18.1. The maximum absolute atomic E-state index is 9.07. The van der Waals surface area contributed by atoms with Gasteiger partial charge in [0.1, 0.15) is 17.3 Å². The lowest BCUT2D eigenvalue weighted by Gasteiger charge is -2.20. The van der Waals surface area contributed by atoms with Gasteiger partial charge in [-0.05, 0) is 112 Å². The van der Waals surface area contributed by atoms with E-state index in [4.69, 9.17) is 23.4 Å². The number of hydrogen-bond donors (Lipinski definition) is 0. The highest BCUT2D eigenvalue weighted by atomic mass is 16.5. The lowest BCUT2D eigenvalue weighted by Crippen LogP contribution is -2.31. The van der Waals surface area contributed by atoms with Gasteiger partial charge in [0.2, 0.25) is 0 Å². The second kappa shape index (κ2) is 17.7. The molecule has 0 atom stereocenters. The fourth-order valence-electron chi connectivity index (χ4n) is 9.48. The molecular weight excluding hydrogens is 829 g/mol. The lowest BCUT2D eigenvalue weighted by molar-refractivity contribution is -0.571. The summed E-state index contributed by atoms with van der Waals surface area (Å²) < 4.78 is 100.0. The number of ether oxygens (including phenoxy) is 1. The molecule has 0 unspecified atom stereocenters. The number of rotatable bonds is 11. The van der Waals surface area contributed by atoms with Gasteiger partial charge in [0.25, 0.3) is 6.33 Å². The Hall–Kier alpha value is -8.02. The Morgan fingerprint density at radius 3 is 1.99 bits per heavy atom. The van der Waals surface area contributed by atoms with Crippen LogP contribution in [0, 0.1) is 6.33 Å². The van der Waals surface area contributed by atoms with Gasteiger partial charge in [-0.15, -0.1) is 0 Å². The summed E-state index contributed by atoms with van der Waals surface area (Å²) in [6.07, 6.45) is 7.45. The summed E-state index contributed by atoms with van der Waals surface area (Å²) in [7, 11) is 0. The molecule has 5 heteroatoms. The predicted octanol–water partition coefficient (Wildman–Crippen LogP) is 16.2. The van der Waals surface area contributed by atoms with Crippen LogP contribution in [0.25, 0.3) is 83.4 Å². The van der Waals surface area contributed by atoms with E-state index in [1.54, 1.807) is 22.8 Å². The third-order valence-corrected chi connectivity index (χ3v) is 12.9. The largest absolute Gasteiger partial charge is 0.458 e. The molecular formula is C63H54N4O. The summed E-state index contributed by atoms with van der Waals surface area (Å²) in [5.74, 6) is 2.24. The summed E-state index contributed by atoms with van der Waals surface area (Å²) >= 11 is 0. The zero-order chi connectivity index (χ0) is 55.1. The molecule has 0 aliphatic rings. The summed E-state index contributed by atoms with van der Waals surface area (Å²) in [4.78, 5) is 5.20. The van der Waals surface area contributed by atoms with E-state index < -0.39 is 60.4 Å². The molecule has 332 valence electrons. The van der Waals surface area contributed by atoms with Crippen molar-refractivity contribution in [1.29, 1.82) is 0 Å². The Bertz CT molecular complexity index is 4070. The monoisotopic (exact) mass is 892 g/mol. The molecule has 0 aliphatic heterocycles. The summed E-state index contributed by atoms with van der Waals surface area (Å²) in [6.45, 7) is 11.1. The molecule has 0 aliphatic carbocycles. The van der Waals surface area contributed by atoms with Gasteiger partial charge in [-0.25, -0.2) is 4.98 Å². The third-order valence-electron chi connectivity index (χ3n) is 12.9. The Morgan fingerprint density at radius 2 is 1.28 bits per heavy atom. The molecule has 68 heavy (non-hydrogen) atoms. The Labute approximate surface area is 413 Å². The molecule has 0 radical (unpaired) electrons. The van der Waals surface area contributed by atoms with Crippen molar-refractivity contribution in [3.8, 4) is 62.1 Å². The van der Waals surface area contributed by atoms with Crippen LogP contribution in [0.15, 0.2) is 206 Å². The van der Waals surface area contributed by atoms with Crippen LogP contribution < -0.4 is 9.30 Å². The number of para-hydroxylation sites is 3. The average molecular weight is 893 g/mol. The van der Waals surface area contributed by atoms with Crippen LogP contribution in [0.3, 0.4) is 0 Å². The van der Waals surface area contributed by atoms with Crippen molar-refractivity contribution in [2.45, 2.75) is 58.8 Å². The van der Waals surface area contributed by atoms with Gasteiger partial charge >= 0.3 is 0 Å². The van der Waals surface area contributed by atoms with Crippen LogP contribution in [0.4, 0.5) is 0 Å². The van der Waals surface area contributed by atoms with Gasteiger partial charge in [-0.2, -0.15) is 0 Å². The maximum Gasteiger partial charge on any atom is 0.269 e. The molecule has 3 heterocycles. The fraction of sp³-hybridized carbons (Fsp3) is 0.143. The summed E-state index contributed by atoms with van der Waals surface area (Å²) in [5, 5.41) is 2.16. The number of fused-ring (bicyclic) bond motifs is 4. The van der Waals surface area contributed by atoms with Gasteiger partial charge in [-0.1, -0.05) is 180 Å². The molecule has 0 saturated heterocycles. The second-order valence-corrected chi connectivity index (χ2v) is 18.1. The predicted molar refractivity (Wildman–Crippen MR) is 281 cm³/mol. The lowest BCUT2D eigenvalue weighted by atomic mass is 9.86. The quantitative estimate of drug-likeness (QED) is 0.0958. The number of nitrogens with zero attached hydrogens (tertiary/aromatic N) is 4. The number of pyridine rings is 1. The van der Waals surface area contributed by atoms with Crippen molar-refractivity contribution in [3.05, 3.63) is 224 Å². The van der Waals surface area contributed by atoms with Crippen molar-refractivity contribution in [1.82, 2.24) is 14.1 Å². The third kappa shape index (κ3) is 7.74. The molecule has 0 bridgehead atoms. The van der Waals surface area contributed by atoms with E-state index in [0.717, 1.165) is 51.6 Å². The van der Waals surface area contributed by atoms with E-state index in [9.17, 15) is 0 Å². The summed E-state index contributed by atoms with van der Waals surface area (Å²) in [6, 6.07) is 40.1. The van der Waals surface area contributed by atoms with E-state index in [-0.39, 0.29) is 33.4 Å². The van der Waals surface area contributed by atoms with Crippen molar-refractivity contribution in [2.24, 2.45) is 0 Å². The smallest absolute Gasteiger partial charge is 0.269 e. The van der Waals surface area contributed by atoms with Gasteiger partial charge in [0, 0.05) is 28.6 Å². The fourth-order valence-corrected chi connectivity index (χ4v) is 9.48. The van der Waals surface area contributed by atoms with E-state index >= 15 is 0 Å². The van der Waals surface area contributed by atoms with Crippen LogP contribution in [0.2, 0.25) is 0 Å². The van der Waals surface area contributed by atoms with Gasteiger partial charge in [0.05, 0.1) is 47.1 Å². The maximum atomic E-state index is 9.07. The van der Waals surface area contributed by atoms with Crippen molar-refractivity contribution < 1.29 is 23.0 Å². The Kier molecular flexibility index (Phi) is 8.47. The van der Waals surface area contributed by atoms with Gasteiger partial charge in [-0.3, -0.25) is 13.7 Å². The molecule has 0 spiro atoms. The molecule has 0 N–H and O–H groups in total. The van der Waals surface area contributed by atoms with Crippen LogP contribution in [-0.4, -0.2) is 14.1 Å². The van der Waals surface area contributed by atoms with Crippen molar-refractivity contribution in [3.63, 3.8) is 0 Å². The van der Waals surface area contributed by atoms with Gasteiger partial charge < -0.3 is 4.74 Å². The number of imidazole rings is 1. The number of benzene rings is 8. The molecule has 0 saturated carbocycles. The number of aromatic nitrogens is 4. The first-order chi connectivity index (χ1) is 37.4.